The lowest BCUT2D eigenvalue weighted by molar-refractivity contribution is -0.116. The molecular formula is C19H23N3O3S. The zero-order valence-electron chi connectivity index (χ0n) is 14.7. The number of amides is 1. The van der Waals surface area contributed by atoms with Gasteiger partial charge in [0.2, 0.25) is 15.9 Å². The summed E-state index contributed by atoms with van der Waals surface area (Å²) >= 11 is 0. The summed E-state index contributed by atoms with van der Waals surface area (Å²) in [5.74, 6) is -0.185. The molecule has 1 fully saturated rings. The molecule has 4 N–H and O–H groups in total. The highest BCUT2D eigenvalue weighted by molar-refractivity contribution is 7.89. The van der Waals surface area contributed by atoms with E-state index in [1.54, 1.807) is 25.1 Å². The van der Waals surface area contributed by atoms with Crippen molar-refractivity contribution < 1.29 is 13.2 Å². The monoisotopic (exact) mass is 373 g/mol. The van der Waals surface area contributed by atoms with E-state index in [0.717, 1.165) is 18.4 Å². The van der Waals surface area contributed by atoms with Crippen LogP contribution in [0, 0.1) is 6.92 Å². The molecule has 138 valence electrons. The first kappa shape index (κ1) is 18.4. The van der Waals surface area contributed by atoms with Crippen LogP contribution in [0.15, 0.2) is 47.4 Å². The molecule has 0 radical (unpaired) electrons. The second-order valence-electron chi connectivity index (χ2n) is 6.62. The van der Waals surface area contributed by atoms with Crippen LogP contribution in [0.2, 0.25) is 0 Å². The Morgan fingerprint density at radius 1 is 1.19 bits per heavy atom. The summed E-state index contributed by atoms with van der Waals surface area (Å²) < 4.78 is 27.6. The number of anilines is 2. The van der Waals surface area contributed by atoms with Crippen molar-refractivity contribution in [1.29, 1.82) is 0 Å². The van der Waals surface area contributed by atoms with E-state index in [-0.39, 0.29) is 23.3 Å². The van der Waals surface area contributed by atoms with Gasteiger partial charge in [0.25, 0.3) is 0 Å². The Morgan fingerprint density at radius 3 is 2.62 bits per heavy atom. The summed E-state index contributed by atoms with van der Waals surface area (Å²) in [7, 11) is -3.56. The molecule has 1 amide bonds. The van der Waals surface area contributed by atoms with E-state index in [1.807, 2.05) is 18.2 Å². The Labute approximate surface area is 153 Å². The minimum atomic E-state index is -3.56. The van der Waals surface area contributed by atoms with Crippen molar-refractivity contribution in [3.63, 3.8) is 0 Å². The van der Waals surface area contributed by atoms with Crippen LogP contribution in [0.3, 0.4) is 0 Å². The van der Waals surface area contributed by atoms with Crippen LogP contribution >= 0.6 is 0 Å². The number of nitrogen functional groups attached to an aromatic ring is 1. The molecule has 0 atom stereocenters. The van der Waals surface area contributed by atoms with Gasteiger partial charge in [-0.05, 0) is 55.5 Å². The molecule has 0 aliphatic heterocycles. The molecule has 1 aliphatic carbocycles. The maximum atomic E-state index is 12.5. The summed E-state index contributed by atoms with van der Waals surface area (Å²) in [4.78, 5) is 12.4. The van der Waals surface area contributed by atoms with Gasteiger partial charge < -0.3 is 11.1 Å². The van der Waals surface area contributed by atoms with Gasteiger partial charge >= 0.3 is 0 Å². The molecule has 26 heavy (non-hydrogen) atoms. The highest BCUT2D eigenvalue weighted by Crippen LogP contribution is 2.25. The molecule has 0 heterocycles. The smallest absolute Gasteiger partial charge is 0.241 e. The molecule has 0 aromatic heterocycles. The van der Waals surface area contributed by atoms with Crippen LogP contribution in [-0.4, -0.2) is 20.4 Å². The zero-order chi connectivity index (χ0) is 18.7. The number of rotatable bonds is 7. The average Bonchev–Trinajstić information content (AvgIpc) is 3.39. The molecule has 2 aromatic carbocycles. The van der Waals surface area contributed by atoms with Gasteiger partial charge in [0.1, 0.15) is 0 Å². The first-order chi connectivity index (χ1) is 12.3. The highest BCUT2D eigenvalue weighted by Gasteiger charge is 2.29. The summed E-state index contributed by atoms with van der Waals surface area (Å²) in [6.45, 7) is 1.74. The van der Waals surface area contributed by atoms with Crippen molar-refractivity contribution >= 4 is 27.3 Å². The van der Waals surface area contributed by atoms with Gasteiger partial charge in [0.15, 0.2) is 0 Å². The molecule has 1 aliphatic rings. The molecule has 1 saturated carbocycles. The number of aryl methyl sites for hydroxylation is 2. The molecule has 0 saturated heterocycles. The summed E-state index contributed by atoms with van der Waals surface area (Å²) in [6.07, 6.45) is 2.54. The zero-order valence-corrected chi connectivity index (χ0v) is 15.5. The van der Waals surface area contributed by atoms with Crippen molar-refractivity contribution in [2.24, 2.45) is 0 Å². The Hall–Kier alpha value is -2.38. The van der Waals surface area contributed by atoms with Crippen LogP contribution in [0.4, 0.5) is 11.4 Å². The van der Waals surface area contributed by atoms with Crippen LogP contribution in [-0.2, 0) is 21.2 Å². The van der Waals surface area contributed by atoms with Crippen LogP contribution in [0.25, 0.3) is 0 Å². The van der Waals surface area contributed by atoms with Gasteiger partial charge in [-0.1, -0.05) is 24.3 Å². The fraction of sp³-hybridized carbons (Fsp3) is 0.316. The lowest BCUT2D eigenvalue weighted by atomic mass is 10.1. The second-order valence-corrected chi connectivity index (χ2v) is 8.31. The van der Waals surface area contributed by atoms with Crippen LogP contribution in [0.5, 0.6) is 0 Å². The molecule has 6 nitrogen and oxygen atoms in total. The number of sulfonamides is 1. The van der Waals surface area contributed by atoms with Crippen molar-refractivity contribution in [1.82, 2.24) is 4.72 Å². The van der Waals surface area contributed by atoms with Gasteiger partial charge in [-0.2, -0.15) is 0 Å². The van der Waals surface area contributed by atoms with Crippen LogP contribution < -0.4 is 15.8 Å². The fourth-order valence-corrected chi connectivity index (χ4v) is 4.26. The van der Waals surface area contributed by atoms with Crippen LogP contribution in [0.1, 0.15) is 30.4 Å². The third-order valence-corrected chi connectivity index (χ3v) is 6.00. The molecule has 0 bridgehead atoms. The third-order valence-electron chi connectivity index (χ3n) is 4.34. The number of benzene rings is 2. The van der Waals surface area contributed by atoms with Crippen molar-refractivity contribution in [2.45, 2.75) is 43.5 Å². The fourth-order valence-electron chi connectivity index (χ4n) is 2.68. The number of nitrogens with two attached hydrogens (primary N) is 1. The van der Waals surface area contributed by atoms with E-state index in [2.05, 4.69) is 10.0 Å². The standard InChI is InChI=1S/C19H23N3O3S/c1-13-6-8-16(12-18(13)26(24,25)22-15-9-10-15)21-19(23)11-7-14-4-2-3-5-17(14)20/h2-6,8,12,15,22H,7,9-11,20H2,1H3,(H,21,23). The maximum Gasteiger partial charge on any atom is 0.241 e. The largest absolute Gasteiger partial charge is 0.399 e. The number of hydrogen-bond acceptors (Lipinski definition) is 4. The quantitative estimate of drug-likeness (QED) is 0.649. The lowest BCUT2D eigenvalue weighted by Crippen LogP contribution is -2.26. The summed E-state index contributed by atoms with van der Waals surface area (Å²) in [5.41, 5.74) is 8.58. The van der Waals surface area contributed by atoms with Gasteiger partial charge in [0.05, 0.1) is 4.90 Å². The third kappa shape index (κ3) is 4.62. The number of nitrogens with one attached hydrogen (secondary N) is 2. The first-order valence-corrected chi connectivity index (χ1v) is 10.1. The van der Waals surface area contributed by atoms with E-state index in [1.165, 1.54) is 6.07 Å². The van der Waals surface area contributed by atoms with E-state index in [9.17, 15) is 13.2 Å². The van der Waals surface area contributed by atoms with Gasteiger partial charge in [0, 0.05) is 23.8 Å². The van der Waals surface area contributed by atoms with E-state index >= 15 is 0 Å². The molecule has 2 aromatic rings. The molecule has 7 heteroatoms. The minimum absolute atomic E-state index is 0.0361. The normalized spacial score (nSPS) is 14.2. The van der Waals surface area contributed by atoms with Crippen molar-refractivity contribution in [3.8, 4) is 0 Å². The number of hydrogen-bond donors (Lipinski definition) is 3. The van der Waals surface area contributed by atoms with Gasteiger partial charge in [-0.15, -0.1) is 0 Å². The Morgan fingerprint density at radius 2 is 1.92 bits per heavy atom. The van der Waals surface area contributed by atoms with Crippen molar-refractivity contribution in [2.75, 3.05) is 11.1 Å². The summed E-state index contributed by atoms with van der Waals surface area (Å²) in [6, 6.07) is 12.4. The number of para-hydroxylation sites is 1. The van der Waals surface area contributed by atoms with Gasteiger partial charge in [-0.3, -0.25) is 4.79 Å². The SMILES string of the molecule is Cc1ccc(NC(=O)CCc2ccccc2N)cc1S(=O)(=O)NC1CC1. The molecular weight excluding hydrogens is 350 g/mol. The lowest BCUT2D eigenvalue weighted by Gasteiger charge is -2.12. The molecule has 3 rings (SSSR count). The predicted molar refractivity (Wildman–Crippen MR) is 102 cm³/mol. The molecule has 0 spiro atoms. The Kier molecular flexibility index (Phi) is 5.29. The number of carbonyl (C=O) groups excluding carboxylic acids is 1. The Bertz CT molecular complexity index is 921. The second kappa shape index (κ2) is 7.47. The first-order valence-electron chi connectivity index (χ1n) is 8.61. The summed E-state index contributed by atoms with van der Waals surface area (Å²) in [5, 5.41) is 2.77. The predicted octanol–water partition coefficient (Wildman–Crippen LogP) is 2.59. The van der Waals surface area contributed by atoms with E-state index < -0.39 is 10.0 Å². The topological polar surface area (TPSA) is 101 Å². The number of carbonyl (C=O) groups is 1. The highest BCUT2D eigenvalue weighted by atomic mass is 32.2. The average molecular weight is 373 g/mol. The van der Waals surface area contributed by atoms with E-state index in [0.29, 0.717) is 23.4 Å². The van der Waals surface area contributed by atoms with Crippen molar-refractivity contribution in [3.05, 3.63) is 53.6 Å². The Balaban J connectivity index is 1.67. The molecule has 0 unspecified atom stereocenters. The van der Waals surface area contributed by atoms with E-state index in [4.69, 9.17) is 5.73 Å². The van der Waals surface area contributed by atoms with Gasteiger partial charge in [-0.25, -0.2) is 13.1 Å². The minimum Gasteiger partial charge on any atom is -0.399 e. The maximum absolute atomic E-state index is 12.5.